The van der Waals surface area contributed by atoms with Crippen LogP contribution in [0, 0.1) is 0 Å². The number of hydrogen-bond donors (Lipinski definition) is 6. The zero-order valence-corrected chi connectivity index (χ0v) is 17.7. The fourth-order valence-electron chi connectivity index (χ4n) is 2.94. The number of carboxylic acids is 2. The summed E-state index contributed by atoms with van der Waals surface area (Å²) in [5.41, 5.74) is 12.6. The van der Waals surface area contributed by atoms with Crippen molar-refractivity contribution >= 4 is 41.2 Å². The number of halogens is 1. The molecule has 1 aromatic heterocycles. The van der Waals surface area contributed by atoms with Gasteiger partial charge in [-0.2, -0.15) is 9.97 Å². The molecular formula is C20H24ClN5O6. The second kappa shape index (κ2) is 11.1. The summed E-state index contributed by atoms with van der Waals surface area (Å²) < 4.78 is 0. The molecule has 0 saturated heterocycles. The standard InChI is InChI=1S/C20H24ClN5O6/c21-12(9-13-16(22)25-20(23)26-18(13)30)6-3-10-1-4-11(5-2-10)17(29)24-14(19(31)32)7-8-15(27)28/h1-2,4-5,12,14H,3,6-9H2,(H,24,29)(H,27,28)(H,31,32)(H5,22,23,25,26,30)/t12?,14-/m0/s1. The molecule has 0 bridgehead atoms. The predicted octanol–water partition coefficient (Wildman–Crippen LogP) is 1.18. The summed E-state index contributed by atoms with van der Waals surface area (Å²) in [5, 5.41) is 29.7. The zero-order chi connectivity index (χ0) is 23.8. The first kappa shape index (κ1) is 24.7. The van der Waals surface area contributed by atoms with Crippen LogP contribution in [0.1, 0.15) is 40.7 Å². The Hall–Kier alpha value is -3.60. The van der Waals surface area contributed by atoms with E-state index in [1.165, 1.54) is 0 Å². The van der Waals surface area contributed by atoms with Gasteiger partial charge in [0.1, 0.15) is 11.9 Å². The van der Waals surface area contributed by atoms with Crippen LogP contribution in [-0.4, -0.2) is 54.6 Å². The maximum absolute atomic E-state index is 12.3. The van der Waals surface area contributed by atoms with Crippen LogP contribution >= 0.6 is 11.6 Å². The first-order valence-corrected chi connectivity index (χ1v) is 10.1. The van der Waals surface area contributed by atoms with Gasteiger partial charge in [0.25, 0.3) is 5.91 Å². The Labute approximate surface area is 188 Å². The monoisotopic (exact) mass is 465 g/mol. The number of rotatable bonds is 11. The number of hydrogen-bond acceptors (Lipinski definition) is 8. The highest BCUT2D eigenvalue weighted by Crippen LogP contribution is 2.25. The van der Waals surface area contributed by atoms with Crippen molar-refractivity contribution in [3.05, 3.63) is 41.0 Å². The number of carboxylic acid groups (broad SMARTS) is 2. The number of aliphatic carboxylic acids is 2. The quantitative estimate of drug-likeness (QED) is 0.261. The Balaban J connectivity index is 1.91. The van der Waals surface area contributed by atoms with Crippen molar-refractivity contribution < 1.29 is 29.7 Å². The van der Waals surface area contributed by atoms with Crippen molar-refractivity contribution in [1.82, 2.24) is 15.3 Å². The van der Waals surface area contributed by atoms with Crippen LogP contribution in [0.4, 0.5) is 11.8 Å². The zero-order valence-electron chi connectivity index (χ0n) is 17.0. The van der Waals surface area contributed by atoms with Gasteiger partial charge in [0, 0.05) is 17.4 Å². The summed E-state index contributed by atoms with van der Waals surface area (Å²) in [7, 11) is 0. The maximum Gasteiger partial charge on any atom is 0.326 e. The number of anilines is 2. The van der Waals surface area contributed by atoms with E-state index in [1.54, 1.807) is 24.3 Å². The summed E-state index contributed by atoms with van der Waals surface area (Å²) in [4.78, 5) is 41.6. The van der Waals surface area contributed by atoms with Crippen LogP contribution in [0.2, 0.25) is 0 Å². The molecule has 12 heteroatoms. The van der Waals surface area contributed by atoms with Crippen LogP contribution in [0.3, 0.4) is 0 Å². The molecular weight excluding hydrogens is 442 g/mol. The molecule has 172 valence electrons. The van der Waals surface area contributed by atoms with Gasteiger partial charge in [0.2, 0.25) is 11.8 Å². The van der Waals surface area contributed by atoms with Crippen molar-refractivity contribution in [3.63, 3.8) is 0 Å². The number of nitrogens with two attached hydrogens (primary N) is 2. The molecule has 1 heterocycles. The lowest BCUT2D eigenvalue weighted by molar-refractivity contribution is -0.140. The van der Waals surface area contributed by atoms with E-state index in [1.807, 2.05) is 0 Å². The van der Waals surface area contributed by atoms with Crippen molar-refractivity contribution in [1.29, 1.82) is 0 Å². The molecule has 1 aromatic carbocycles. The van der Waals surface area contributed by atoms with Gasteiger partial charge >= 0.3 is 11.9 Å². The van der Waals surface area contributed by atoms with Gasteiger partial charge in [0.05, 0.1) is 5.56 Å². The summed E-state index contributed by atoms with van der Waals surface area (Å²) >= 11 is 6.35. The first-order chi connectivity index (χ1) is 15.1. The van der Waals surface area contributed by atoms with E-state index in [0.717, 1.165) is 5.56 Å². The molecule has 0 fully saturated rings. The number of carbonyl (C=O) groups is 3. The minimum atomic E-state index is -1.30. The average molecular weight is 466 g/mol. The van der Waals surface area contributed by atoms with Gasteiger partial charge in [-0.15, -0.1) is 11.6 Å². The number of alkyl halides is 1. The van der Waals surface area contributed by atoms with Gasteiger partial charge < -0.3 is 32.1 Å². The smallest absolute Gasteiger partial charge is 0.326 e. The molecule has 8 N–H and O–H groups in total. The van der Waals surface area contributed by atoms with Gasteiger partial charge in [0.15, 0.2) is 0 Å². The lowest BCUT2D eigenvalue weighted by Gasteiger charge is -2.14. The Morgan fingerprint density at radius 1 is 1.06 bits per heavy atom. The molecule has 2 atom stereocenters. The summed E-state index contributed by atoms with van der Waals surface area (Å²) in [6.07, 6.45) is 0.759. The van der Waals surface area contributed by atoms with Crippen molar-refractivity contribution in [2.75, 3.05) is 11.5 Å². The third-order valence-electron chi connectivity index (χ3n) is 4.67. The molecule has 2 rings (SSSR count). The molecule has 1 amide bonds. The molecule has 0 spiro atoms. The number of amides is 1. The lowest BCUT2D eigenvalue weighted by atomic mass is 10.0. The average Bonchev–Trinajstić information content (AvgIpc) is 2.72. The fraction of sp³-hybridized carbons (Fsp3) is 0.350. The van der Waals surface area contributed by atoms with Crippen molar-refractivity contribution in [3.8, 4) is 5.88 Å². The van der Waals surface area contributed by atoms with E-state index < -0.39 is 23.9 Å². The fourth-order valence-corrected chi connectivity index (χ4v) is 3.20. The highest BCUT2D eigenvalue weighted by Gasteiger charge is 2.21. The normalized spacial score (nSPS) is 12.7. The number of aromatic hydroxyl groups is 1. The minimum Gasteiger partial charge on any atom is -0.493 e. The number of benzene rings is 1. The number of aryl methyl sites for hydroxylation is 1. The number of aromatic nitrogens is 2. The second-order valence-corrected chi connectivity index (χ2v) is 7.72. The largest absolute Gasteiger partial charge is 0.493 e. The van der Waals surface area contributed by atoms with Crippen LogP contribution in [0.5, 0.6) is 5.88 Å². The molecule has 0 aliphatic heterocycles. The first-order valence-electron chi connectivity index (χ1n) is 9.66. The Bertz CT molecular complexity index is 962. The molecule has 1 unspecified atom stereocenters. The third-order valence-corrected chi connectivity index (χ3v) is 5.05. The Kier molecular flexibility index (Phi) is 8.59. The highest BCUT2D eigenvalue weighted by molar-refractivity contribution is 6.20. The Morgan fingerprint density at radius 2 is 1.72 bits per heavy atom. The SMILES string of the molecule is Nc1nc(N)c(CC(Cl)CCc2ccc(C(=O)N[C@@H](CCC(=O)O)C(=O)O)cc2)c(O)n1. The third kappa shape index (κ3) is 7.27. The summed E-state index contributed by atoms with van der Waals surface area (Å²) in [6, 6.07) is 5.22. The van der Waals surface area contributed by atoms with Crippen LogP contribution in [0.15, 0.2) is 24.3 Å². The van der Waals surface area contributed by atoms with Crippen LogP contribution in [0.25, 0.3) is 0 Å². The van der Waals surface area contributed by atoms with Gasteiger partial charge in [-0.25, -0.2) is 4.79 Å². The molecule has 0 aliphatic rings. The molecule has 11 nitrogen and oxygen atoms in total. The lowest BCUT2D eigenvalue weighted by Crippen LogP contribution is -2.41. The second-order valence-electron chi connectivity index (χ2n) is 7.10. The van der Waals surface area contributed by atoms with E-state index in [0.29, 0.717) is 18.4 Å². The molecule has 0 saturated carbocycles. The van der Waals surface area contributed by atoms with E-state index in [9.17, 15) is 19.5 Å². The number of nitrogen functional groups attached to an aromatic ring is 2. The number of carbonyl (C=O) groups excluding carboxylic acids is 1. The minimum absolute atomic E-state index is 0.0686. The molecule has 0 radical (unpaired) electrons. The van der Waals surface area contributed by atoms with E-state index in [4.69, 9.17) is 33.3 Å². The number of nitrogens with zero attached hydrogens (tertiary/aromatic N) is 2. The van der Waals surface area contributed by atoms with Gasteiger partial charge in [-0.05, 0) is 43.4 Å². The predicted molar refractivity (Wildman–Crippen MR) is 116 cm³/mol. The van der Waals surface area contributed by atoms with E-state index >= 15 is 0 Å². The maximum atomic E-state index is 12.3. The molecule has 2 aromatic rings. The summed E-state index contributed by atoms with van der Waals surface area (Å²) in [6.45, 7) is 0. The van der Waals surface area contributed by atoms with Crippen molar-refractivity contribution in [2.24, 2.45) is 0 Å². The summed E-state index contributed by atoms with van der Waals surface area (Å²) in [5.74, 6) is -3.43. The van der Waals surface area contributed by atoms with E-state index in [2.05, 4.69) is 15.3 Å². The topological polar surface area (TPSA) is 202 Å². The molecule has 32 heavy (non-hydrogen) atoms. The van der Waals surface area contributed by atoms with Gasteiger partial charge in [-0.3, -0.25) is 9.59 Å². The van der Waals surface area contributed by atoms with Crippen molar-refractivity contribution in [2.45, 2.75) is 43.5 Å². The Morgan fingerprint density at radius 3 is 2.28 bits per heavy atom. The highest BCUT2D eigenvalue weighted by atomic mass is 35.5. The van der Waals surface area contributed by atoms with Gasteiger partial charge in [-0.1, -0.05) is 12.1 Å². The molecule has 0 aliphatic carbocycles. The van der Waals surface area contributed by atoms with Crippen LogP contribution < -0.4 is 16.8 Å². The van der Waals surface area contributed by atoms with E-state index in [-0.39, 0.29) is 47.8 Å². The van der Waals surface area contributed by atoms with Crippen LogP contribution in [-0.2, 0) is 22.4 Å². The number of nitrogens with one attached hydrogen (secondary N) is 1.